The van der Waals surface area contributed by atoms with Crippen molar-refractivity contribution in [3.05, 3.63) is 64.7 Å². The second-order valence-corrected chi connectivity index (χ2v) is 6.34. The van der Waals surface area contributed by atoms with Gasteiger partial charge >= 0.3 is 0 Å². The molecule has 0 spiro atoms. The number of ether oxygens (including phenoxy) is 1. The van der Waals surface area contributed by atoms with Gasteiger partial charge in [-0.25, -0.2) is 0 Å². The molecule has 0 aromatic heterocycles. The molecular formula is C20H20ClNO4. The average Bonchev–Trinajstić information content (AvgIpc) is 2.60. The van der Waals surface area contributed by atoms with Crippen molar-refractivity contribution in [1.29, 1.82) is 0 Å². The van der Waals surface area contributed by atoms with Crippen LogP contribution in [0.1, 0.15) is 29.8 Å². The Hall–Kier alpha value is -2.66. The predicted molar refractivity (Wildman–Crippen MR) is 99.7 cm³/mol. The number of halogens is 1. The third-order valence-corrected chi connectivity index (χ3v) is 4.02. The Bertz CT molecular complexity index is 805. The molecule has 2 aromatic rings. The average molecular weight is 374 g/mol. The van der Waals surface area contributed by atoms with Crippen molar-refractivity contribution in [3.8, 4) is 5.75 Å². The highest BCUT2D eigenvalue weighted by Gasteiger charge is 2.18. The number of carbonyl (C=O) groups is 3. The van der Waals surface area contributed by atoms with Gasteiger partial charge in [-0.05, 0) is 44.0 Å². The lowest BCUT2D eigenvalue weighted by Gasteiger charge is -2.17. The molecule has 0 radical (unpaired) electrons. The maximum absolute atomic E-state index is 12.2. The van der Waals surface area contributed by atoms with Crippen molar-refractivity contribution >= 4 is 29.1 Å². The fourth-order valence-electron chi connectivity index (χ4n) is 2.43. The molecule has 0 saturated carbocycles. The van der Waals surface area contributed by atoms with E-state index in [1.54, 1.807) is 12.1 Å². The van der Waals surface area contributed by atoms with E-state index >= 15 is 0 Å². The first-order valence-corrected chi connectivity index (χ1v) is 8.51. The number of hydrogen-bond acceptors (Lipinski definition) is 4. The second kappa shape index (κ2) is 9.15. The molecule has 0 fully saturated rings. The van der Waals surface area contributed by atoms with Gasteiger partial charge in [0.05, 0.1) is 11.6 Å². The van der Waals surface area contributed by atoms with E-state index in [2.05, 4.69) is 5.32 Å². The van der Waals surface area contributed by atoms with E-state index in [9.17, 15) is 14.4 Å². The number of benzene rings is 2. The maximum Gasteiger partial charge on any atom is 0.258 e. The maximum atomic E-state index is 12.2. The van der Waals surface area contributed by atoms with Crippen LogP contribution in [-0.4, -0.2) is 30.1 Å². The number of nitrogens with one attached hydrogen (secondary N) is 1. The molecule has 136 valence electrons. The molecule has 5 nitrogen and oxygen atoms in total. The van der Waals surface area contributed by atoms with Gasteiger partial charge in [0.1, 0.15) is 5.75 Å². The first kappa shape index (κ1) is 19.7. The Kier molecular flexibility index (Phi) is 6.92. The Labute approximate surface area is 157 Å². The quantitative estimate of drug-likeness (QED) is 0.721. The molecule has 0 bridgehead atoms. The highest BCUT2D eigenvalue weighted by Crippen LogP contribution is 2.23. The van der Waals surface area contributed by atoms with Gasteiger partial charge in [0.15, 0.2) is 18.2 Å². The summed E-state index contributed by atoms with van der Waals surface area (Å²) in [6.45, 7) is 2.52. The molecule has 1 N–H and O–H groups in total. The summed E-state index contributed by atoms with van der Waals surface area (Å²) < 4.78 is 5.44. The minimum absolute atomic E-state index is 0.141. The zero-order valence-corrected chi connectivity index (χ0v) is 15.4. The third-order valence-electron chi connectivity index (χ3n) is 3.79. The van der Waals surface area contributed by atoms with Crippen molar-refractivity contribution in [3.63, 3.8) is 0 Å². The largest absolute Gasteiger partial charge is 0.483 e. The van der Waals surface area contributed by atoms with Gasteiger partial charge in [0.25, 0.3) is 5.91 Å². The van der Waals surface area contributed by atoms with Crippen LogP contribution in [-0.2, 0) is 16.0 Å². The summed E-state index contributed by atoms with van der Waals surface area (Å²) in [6, 6.07) is 13.4. The first-order chi connectivity index (χ1) is 12.4. The van der Waals surface area contributed by atoms with Gasteiger partial charge in [-0.1, -0.05) is 41.9 Å². The molecule has 26 heavy (non-hydrogen) atoms. The number of hydrogen-bond donors (Lipinski definition) is 1. The number of Topliss-reactive ketones (excluding diaryl/α,β-unsaturated/α-hetero) is 2. The predicted octanol–water partition coefficient (Wildman–Crippen LogP) is 3.24. The molecular weight excluding hydrogens is 354 g/mol. The topological polar surface area (TPSA) is 72.5 Å². The van der Waals surface area contributed by atoms with Crippen molar-refractivity contribution in [2.24, 2.45) is 0 Å². The molecule has 6 heteroatoms. The number of ketones is 2. The van der Waals surface area contributed by atoms with E-state index in [1.807, 2.05) is 30.3 Å². The summed E-state index contributed by atoms with van der Waals surface area (Å²) in [5.74, 6) is -0.517. The highest BCUT2D eigenvalue weighted by molar-refractivity contribution is 6.31. The van der Waals surface area contributed by atoms with Crippen LogP contribution in [0.5, 0.6) is 5.75 Å². The summed E-state index contributed by atoms with van der Waals surface area (Å²) >= 11 is 5.88. The van der Waals surface area contributed by atoms with Crippen molar-refractivity contribution in [1.82, 2.24) is 5.32 Å². The first-order valence-electron chi connectivity index (χ1n) is 8.14. The fraction of sp³-hybridized carbons (Fsp3) is 0.250. The van der Waals surface area contributed by atoms with E-state index < -0.39 is 11.9 Å². The molecule has 0 aliphatic heterocycles. The van der Waals surface area contributed by atoms with Crippen LogP contribution < -0.4 is 10.1 Å². The van der Waals surface area contributed by atoms with E-state index in [1.165, 1.54) is 19.9 Å². The minimum Gasteiger partial charge on any atom is -0.483 e. The zero-order chi connectivity index (χ0) is 19.1. The second-order valence-electron chi connectivity index (χ2n) is 5.91. The third kappa shape index (κ3) is 5.70. The lowest BCUT2D eigenvalue weighted by atomic mass is 10.0. The van der Waals surface area contributed by atoms with E-state index in [0.717, 1.165) is 5.56 Å². The van der Waals surface area contributed by atoms with Crippen LogP contribution in [0.2, 0.25) is 5.02 Å². The van der Waals surface area contributed by atoms with Crippen LogP contribution in [0.25, 0.3) is 0 Å². The number of carbonyl (C=O) groups excluding carboxylic acids is 3. The molecule has 1 atom stereocenters. The molecule has 0 aliphatic rings. The van der Waals surface area contributed by atoms with Crippen molar-refractivity contribution in [2.45, 2.75) is 26.3 Å². The summed E-state index contributed by atoms with van der Waals surface area (Å²) in [5.41, 5.74) is 1.25. The van der Waals surface area contributed by atoms with Crippen molar-refractivity contribution < 1.29 is 19.1 Å². The van der Waals surface area contributed by atoms with Gasteiger partial charge in [-0.15, -0.1) is 0 Å². The highest BCUT2D eigenvalue weighted by atomic mass is 35.5. The Morgan fingerprint density at radius 3 is 2.38 bits per heavy atom. The Morgan fingerprint density at radius 2 is 1.77 bits per heavy atom. The van der Waals surface area contributed by atoms with E-state index in [0.29, 0.717) is 17.0 Å². The molecule has 1 unspecified atom stereocenters. The van der Waals surface area contributed by atoms with Gasteiger partial charge in [-0.3, -0.25) is 14.4 Å². The Balaban J connectivity index is 1.99. The van der Waals surface area contributed by atoms with Crippen molar-refractivity contribution in [2.75, 3.05) is 6.61 Å². The van der Waals surface area contributed by atoms with Gasteiger partial charge in [-0.2, -0.15) is 0 Å². The van der Waals surface area contributed by atoms with Gasteiger partial charge in [0.2, 0.25) is 0 Å². The molecule has 0 saturated heterocycles. The normalized spacial score (nSPS) is 11.5. The summed E-state index contributed by atoms with van der Waals surface area (Å²) in [5, 5.41) is 3.08. The number of rotatable bonds is 8. The van der Waals surface area contributed by atoms with Crippen LogP contribution in [0.4, 0.5) is 0 Å². The molecule has 2 aromatic carbocycles. The smallest absolute Gasteiger partial charge is 0.258 e. The van der Waals surface area contributed by atoms with Gasteiger partial charge < -0.3 is 10.1 Å². The molecule has 1 amide bonds. The number of amides is 1. The van der Waals surface area contributed by atoms with Crippen LogP contribution in [0.15, 0.2) is 48.5 Å². The van der Waals surface area contributed by atoms with Crippen LogP contribution in [0, 0.1) is 0 Å². The van der Waals surface area contributed by atoms with Crippen LogP contribution in [0.3, 0.4) is 0 Å². The molecule has 0 heterocycles. The SMILES string of the molecule is CC(=O)c1cc(Cl)ccc1OCC(=O)NC(Cc1ccccc1)C(C)=O. The molecule has 0 aliphatic carbocycles. The fourth-order valence-corrected chi connectivity index (χ4v) is 2.60. The Morgan fingerprint density at radius 1 is 1.08 bits per heavy atom. The standard InChI is InChI=1S/C20H20ClNO4/c1-13(23)17-11-16(21)8-9-19(17)26-12-20(25)22-18(14(2)24)10-15-6-4-3-5-7-15/h3-9,11,18H,10,12H2,1-2H3,(H,22,25). The van der Waals surface area contributed by atoms with E-state index in [4.69, 9.17) is 16.3 Å². The lowest BCUT2D eigenvalue weighted by Crippen LogP contribution is -2.43. The molecule has 2 rings (SSSR count). The summed E-state index contributed by atoms with van der Waals surface area (Å²) in [7, 11) is 0. The van der Waals surface area contributed by atoms with E-state index in [-0.39, 0.29) is 23.9 Å². The lowest BCUT2D eigenvalue weighted by molar-refractivity contribution is -0.128. The summed E-state index contributed by atoms with van der Waals surface area (Å²) in [6.07, 6.45) is 0.404. The van der Waals surface area contributed by atoms with Gasteiger partial charge in [0, 0.05) is 5.02 Å². The summed E-state index contributed by atoms with van der Waals surface area (Å²) in [4.78, 5) is 35.6. The van der Waals surface area contributed by atoms with Crippen LogP contribution >= 0.6 is 11.6 Å². The zero-order valence-electron chi connectivity index (χ0n) is 14.6. The minimum atomic E-state index is -0.633. The monoisotopic (exact) mass is 373 g/mol.